The fourth-order valence-corrected chi connectivity index (χ4v) is 3.18. The molecule has 0 spiro atoms. The van der Waals surface area contributed by atoms with Crippen LogP contribution in [0.15, 0.2) is 0 Å². The van der Waals surface area contributed by atoms with E-state index in [1.807, 2.05) is 0 Å². The summed E-state index contributed by atoms with van der Waals surface area (Å²) in [6.07, 6.45) is 7.01. The number of nitrogens with two attached hydrogens (primary N) is 1. The van der Waals surface area contributed by atoms with Gasteiger partial charge in [0.25, 0.3) is 0 Å². The average molecular weight is 226 g/mol. The molecule has 1 saturated carbocycles. The summed E-state index contributed by atoms with van der Waals surface area (Å²) in [5, 5.41) is 0. The second-order valence-corrected chi connectivity index (χ2v) is 5.44. The molecule has 2 aliphatic rings. The van der Waals surface area contributed by atoms with Gasteiger partial charge in [0.1, 0.15) is 0 Å². The molecule has 2 rings (SSSR count). The van der Waals surface area contributed by atoms with E-state index in [0.717, 1.165) is 32.0 Å². The number of rotatable bonds is 4. The molecule has 3 heteroatoms. The number of morpholine rings is 1. The van der Waals surface area contributed by atoms with Gasteiger partial charge in [0.15, 0.2) is 0 Å². The Balaban J connectivity index is 1.87. The van der Waals surface area contributed by atoms with E-state index in [2.05, 4.69) is 11.8 Å². The summed E-state index contributed by atoms with van der Waals surface area (Å²) in [5.41, 5.74) is 5.62. The summed E-state index contributed by atoms with van der Waals surface area (Å²) in [6, 6.07) is 0.697. The summed E-state index contributed by atoms with van der Waals surface area (Å²) in [6.45, 7) is 6.40. The van der Waals surface area contributed by atoms with E-state index >= 15 is 0 Å². The van der Waals surface area contributed by atoms with Gasteiger partial charge in [-0.3, -0.25) is 4.90 Å². The summed E-state index contributed by atoms with van der Waals surface area (Å²) in [7, 11) is 0. The standard InChI is InChI=1S/C13H26N2O/c1-11(6-7-14)10-15-8-9-16-13-5-3-2-4-12(13)15/h11-13H,2-10,14H2,1H3. The molecule has 3 nitrogen and oxygen atoms in total. The Labute approximate surface area is 99.3 Å². The number of nitrogens with zero attached hydrogens (tertiary/aromatic N) is 1. The van der Waals surface area contributed by atoms with E-state index in [1.54, 1.807) is 0 Å². The van der Waals surface area contributed by atoms with Crippen molar-refractivity contribution in [2.75, 3.05) is 26.2 Å². The van der Waals surface area contributed by atoms with Crippen LogP contribution in [-0.4, -0.2) is 43.3 Å². The molecule has 0 bridgehead atoms. The van der Waals surface area contributed by atoms with Crippen LogP contribution in [0.4, 0.5) is 0 Å². The van der Waals surface area contributed by atoms with Crippen molar-refractivity contribution in [3.05, 3.63) is 0 Å². The van der Waals surface area contributed by atoms with E-state index in [-0.39, 0.29) is 0 Å². The Morgan fingerprint density at radius 2 is 2.19 bits per heavy atom. The first-order valence-corrected chi connectivity index (χ1v) is 6.87. The molecule has 1 saturated heterocycles. The van der Waals surface area contributed by atoms with Crippen LogP contribution in [0.1, 0.15) is 39.0 Å². The van der Waals surface area contributed by atoms with Crippen molar-refractivity contribution in [2.24, 2.45) is 11.7 Å². The maximum Gasteiger partial charge on any atom is 0.0730 e. The third-order valence-corrected chi connectivity index (χ3v) is 4.05. The van der Waals surface area contributed by atoms with E-state index < -0.39 is 0 Å². The molecule has 0 aromatic rings. The topological polar surface area (TPSA) is 38.5 Å². The molecule has 0 aromatic carbocycles. The Morgan fingerprint density at radius 3 is 3.00 bits per heavy atom. The van der Waals surface area contributed by atoms with Crippen molar-refractivity contribution >= 4 is 0 Å². The van der Waals surface area contributed by atoms with Crippen molar-refractivity contribution in [1.29, 1.82) is 0 Å². The van der Waals surface area contributed by atoms with E-state index in [9.17, 15) is 0 Å². The lowest BCUT2D eigenvalue weighted by molar-refractivity contribution is -0.0915. The summed E-state index contributed by atoms with van der Waals surface area (Å²) < 4.78 is 5.89. The highest BCUT2D eigenvalue weighted by atomic mass is 16.5. The summed E-state index contributed by atoms with van der Waals surface area (Å²) >= 11 is 0. The van der Waals surface area contributed by atoms with Crippen LogP contribution in [0, 0.1) is 5.92 Å². The molecule has 0 radical (unpaired) electrons. The molecule has 2 fully saturated rings. The molecule has 0 aromatic heterocycles. The average Bonchev–Trinajstić information content (AvgIpc) is 2.30. The van der Waals surface area contributed by atoms with Gasteiger partial charge >= 0.3 is 0 Å². The number of fused-ring (bicyclic) bond motifs is 1. The minimum absolute atomic E-state index is 0.521. The molecule has 16 heavy (non-hydrogen) atoms. The van der Waals surface area contributed by atoms with E-state index in [0.29, 0.717) is 12.1 Å². The third-order valence-electron chi connectivity index (χ3n) is 4.05. The van der Waals surface area contributed by atoms with Gasteiger partial charge in [0, 0.05) is 19.1 Å². The zero-order chi connectivity index (χ0) is 11.4. The second kappa shape index (κ2) is 5.99. The Hall–Kier alpha value is -0.120. The van der Waals surface area contributed by atoms with Gasteiger partial charge in [-0.1, -0.05) is 19.8 Å². The molecular formula is C13H26N2O. The molecular weight excluding hydrogens is 200 g/mol. The normalized spacial score (nSPS) is 33.4. The smallest absolute Gasteiger partial charge is 0.0730 e. The van der Waals surface area contributed by atoms with Gasteiger partial charge in [-0.15, -0.1) is 0 Å². The SMILES string of the molecule is CC(CCN)CN1CCOC2CCCCC21. The van der Waals surface area contributed by atoms with Crippen LogP contribution >= 0.6 is 0 Å². The van der Waals surface area contributed by atoms with Crippen molar-refractivity contribution in [1.82, 2.24) is 4.90 Å². The maximum absolute atomic E-state index is 5.89. The van der Waals surface area contributed by atoms with Gasteiger partial charge in [-0.2, -0.15) is 0 Å². The van der Waals surface area contributed by atoms with E-state index in [1.165, 1.54) is 32.2 Å². The fourth-order valence-electron chi connectivity index (χ4n) is 3.18. The first-order chi connectivity index (χ1) is 7.81. The predicted octanol–water partition coefficient (Wildman–Crippen LogP) is 1.61. The first kappa shape index (κ1) is 12.3. The van der Waals surface area contributed by atoms with Gasteiger partial charge in [0.2, 0.25) is 0 Å². The van der Waals surface area contributed by atoms with Crippen LogP contribution in [-0.2, 0) is 4.74 Å². The molecule has 3 atom stereocenters. The number of hydrogen-bond acceptors (Lipinski definition) is 3. The monoisotopic (exact) mass is 226 g/mol. The molecule has 2 N–H and O–H groups in total. The van der Waals surface area contributed by atoms with Gasteiger partial charge in [0.05, 0.1) is 12.7 Å². The van der Waals surface area contributed by atoms with Crippen molar-refractivity contribution in [2.45, 2.75) is 51.2 Å². The van der Waals surface area contributed by atoms with Crippen molar-refractivity contribution < 1.29 is 4.74 Å². The quantitative estimate of drug-likeness (QED) is 0.791. The lowest BCUT2D eigenvalue weighted by atomic mass is 9.89. The maximum atomic E-state index is 5.89. The summed E-state index contributed by atoms with van der Waals surface area (Å²) in [4.78, 5) is 2.66. The Morgan fingerprint density at radius 1 is 1.38 bits per heavy atom. The summed E-state index contributed by atoms with van der Waals surface area (Å²) in [5.74, 6) is 0.727. The van der Waals surface area contributed by atoms with Gasteiger partial charge in [-0.05, 0) is 31.7 Å². The van der Waals surface area contributed by atoms with Gasteiger partial charge in [-0.25, -0.2) is 0 Å². The third kappa shape index (κ3) is 2.96. The van der Waals surface area contributed by atoms with Crippen molar-refractivity contribution in [3.63, 3.8) is 0 Å². The first-order valence-electron chi connectivity index (χ1n) is 6.87. The zero-order valence-corrected chi connectivity index (χ0v) is 10.5. The molecule has 0 amide bonds. The molecule has 1 heterocycles. The molecule has 1 aliphatic heterocycles. The fraction of sp³-hybridized carbons (Fsp3) is 1.00. The number of hydrogen-bond donors (Lipinski definition) is 1. The minimum Gasteiger partial charge on any atom is -0.375 e. The predicted molar refractivity (Wildman–Crippen MR) is 66.4 cm³/mol. The minimum atomic E-state index is 0.521. The molecule has 94 valence electrons. The van der Waals surface area contributed by atoms with Crippen LogP contribution in [0.5, 0.6) is 0 Å². The van der Waals surface area contributed by atoms with Crippen LogP contribution < -0.4 is 5.73 Å². The largest absolute Gasteiger partial charge is 0.375 e. The second-order valence-electron chi connectivity index (χ2n) is 5.44. The number of ether oxygens (including phenoxy) is 1. The highest BCUT2D eigenvalue weighted by Crippen LogP contribution is 2.29. The lowest BCUT2D eigenvalue weighted by Gasteiger charge is -2.44. The van der Waals surface area contributed by atoms with Crippen LogP contribution in [0.2, 0.25) is 0 Å². The van der Waals surface area contributed by atoms with Crippen molar-refractivity contribution in [3.8, 4) is 0 Å². The van der Waals surface area contributed by atoms with Crippen LogP contribution in [0.25, 0.3) is 0 Å². The molecule has 3 unspecified atom stereocenters. The highest BCUT2D eigenvalue weighted by Gasteiger charge is 2.34. The van der Waals surface area contributed by atoms with Gasteiger partial charge < -0.3 is 10.5 Å². The Kier molecular flexibility index (Phi) is 4.62. The zero-order valence-electron chi connectivity index (χ0n) is 10.5. The molecule has 1 aliphatic carbocycles. The lowest BCUT2D eigenvalue weighted by Crippen LogP contribution is -2.53. The Bertz CT molecular complexity index is 208. The highest BCUT2D eigenvalue weighted by molar-refractivity contribution is 4.87. The van der Waals surface area contributed by atoms with Crippen LogP contribution in [0.3, 0.4) is 0 Å². The van der Waals surface area contributed by atoms with E-state index in [4.69, 9.17) is 10.5 Å².